The van der Waals surface area contributed by atoms with E-state index in [1.807, 2.05) is 35.5 Å². The van der Waals surface area contributed by atoms with Crippen molar-refractivity contribution in [1.29, 1.82) is 0 Å². The monoisotopic (exact) mass is 278 g/mol. The van der Waals surface area contributed by atoms with E-state index in [9.17, 15) is 0 Å². The smallest absolute Gasteiger partial charge is 0.115 e. The molecule has 3 N–H and O–H groups in total. The molecule has 3 rings (SSSR count). The molecule has 0 amide bonds. The highest BCUT2D eigenvalue weighted by Gasteiger charge is 2.20. The Morgan fingerprint density at radius 3 is 2.89 bits per heavy atom. The van der Waals surface area contributed by atoms with Crippen molar-refractivity contribution in [1.82, 2.24) is 15.4 Å². The third kappa shape index (κ3) is 2.29. The molecule has 18 heavy (non-hydrogen) atoms. The lowest BCUT2D eigenvalue weighted by atomic mass is 10.1. The van der Waals surface area contributed by atoms with Gasteiger partial charge in [-0.1, -0.05) is 0 Å². The van der Waals surface area contributed by atoms with Gasteiger partial charge in [0.25, 0.3) is 0 Å². The maximum Gasteiger partial charge on any atom is 0.115 e. The average molecular weight is 278 g/mol. The summed E-state index contributed by atoms with van der Waals surface area (Å²) in [5, 5.41) is 0. The van der Waals surface area contributed by atoms with E-state index in [1.165, 1.54) is 33.8 Å². The third-order valence-corrected chi connectivity index (χ3v) is 5.32. The summed E-state index contributed by atoms with van der Waals surface area (Å²) >= 11 is 3.85. The number of nitrogens with zero attached hydrogens (tertiary/aromatic N) is 2. The van der Waals surface area contributed by atoms with E-state index in [2.05, 4.69) is 21.5 Å². The average Bonchev–Trinajstić information content (AvgIpc) is 2.84. The van der Waals surface area contributed by atoms with E-state index in [1.54, 1.807) is 0 Å². The standard InChI is InChI=1S/C12H14N4S2/c13-16-12(9-4-14-7-15-5-9)11-3-8-6-17-2-1-10(8)18-11/h3-5,7,12,16H,1-2,6,13H2. The van der Waals surface area contributed by atoms with Crippen molar-refractivity contribution < 1.29 is 0 Å². The molecule has 0 fully saturated rings. The summed E-state index contributed by atoms with van der Waals surface area (Å²) in [6, 6.07) is 2.26. The van der Waals surface area contributed by atoms with Crippen molar-refractivity contribution in [2.45, 2.75) is 18.2 Å². The predicted octanol–water partition coefficient (Wildman–Crippen LogP) is 1.88. The van der Waals surface area contributed by atoms with Gasteiger partial charge in [-0.25, -0.2) is 15.4 Å². The Balaban J connectivity index is 1.94. The van der Waals surface area contributed by atoms with Crippen LogP contribution in [0.25, 0.3) is 0 Å². The molecule has 4 nitrogen and oxygen atoms in total. The first-order chi connectivity index (χ1) is 8.88. The topological polar surface area (TPSA) is 63.8 Å². The highest BCUT2D eigenvalue weighted by molar-refractivity contribution is 7.98. The molecule has 0 bridgehead atoms. The summed E-state index contributed by atoms with van der Waals surface area (Å²) < 4.78 is 0. The number of hydrogen-bond donors (Lipinski definition) is 2. The summed E-state index contributed by atoms with van der Waals surface area (Å²) in [6.45, 7) is 0. The molecule has 1 aliphatic rings. The quantitative estimate of drug-likeness (QED) is 0.663. The maximum absolute atomic E-state index is 5.69. The van der Waals surface area contributed by atoms with Crippen LogP contribution in [0, 0.1) is 0 Å². The first kappa shape index (κ1) is 12.1. The molecule has 94 valence electrons. The van der Waals surface area contributed by atoms with Gasteiger partial charge in [0.1, 0.15) is 6.33 Å². The molecule has 1 atom stereocenters. The van der Waals surface area contributed by atoms with Crippen LogP contribution in [0.1, 0.15) is 26.9 Å². The molecular weight excluding hydrogens is 264 g/mol. The third-order valence-electron chi connectivity index (χ3n) is 3.01. The Morgan fingerprint density at radius 1 is 1.33 bits per heavy atom. The van der Waals surface area contributed by atoms with Crippen molar-refractivity contribution in [3.63, 3.8) is 0 Å². The number of fused-ring (bicyclic) bond motifs is 1. The fraction of sp³-hybridized carbons (Fsp3) is 0.333. The lowest BCUT2D eigenvalue weighted by Gasteiger charge is -2.13. The van der Waals surface area contributed by atoms with Gasteiger partial charge < -0.3 is 0 Å². The minimum atomic E-state index is -0.00759. The van der Waals surface area contributed by atoms with E-state index in [-0.39, 0.29) is 6.04 Å². The van der Waals surface area contributed by atoms with Crippen molar-refractivity contribution in [3.8, 4) is 0 Å². The van der Waals surface area contributed by atoms with E-state index in [0.717, 1.165) is 11.3 Å². The van der Waals surface area contributed by atoms with Gasteiger partial charge in [0.15, 0.2) is 0 Å². The van der Waals surface area contributed by atoms with Crippen LogP contribution in [0.15, 0.2) is 24.8 Å². The lowest BCUT2D eigenvalue weighted by Crippen LogP contribution is -2.28. The molecule has 3 heterocycles. The second-order valence-corrected chi connectivity index (χ2v) is 6.44. The number of aromatic nitrogens is 2. The summed E-state index contributed by atoms with van der Waals surface area (Å²) in [5.74, 6) is 8.03. The number of aryl methyl sites for hydroxylation is 1. The van der Waals surface area contributed by atoms with E-state index in [4.69, 9.17) is 5.84 Å². The molecule has 0 aliphatic carbocycles. The Bertz CT molecular complexity index is 503. The largest absolute Gasteiger partial charge is 0.271 e. The van der Waals surface area contributed by atoms with Crippen molar-refractivity contribution >= 4 is 23.1 Å². The number of rotatable bonds is 3. The van der Waals surface area contributed by atoms with Crippen molar-refractivity contribution in [2.24, 2.45) is 5.84 Å². The van der Waals surface area contributed by atoms with E-state index in [0.29, 0.717) is 0 Å². The summed E-state index contributed by atoms with van der Waals surface area (Å²) in [5.41, 5.74) is 5.33. The first-order valence-corrected chi connectivity index (χ1v) is 7.76. The molecule has 1 unspecified atom stereocenters. The highest BCUT2D eigenvalue weighted by atomic mass is 32.2. The molecule has 2 aromatic heterocycles. The molecule has 2 aromatic rings. The van der Waals surface area contributed by atoms with E-state index < -0.39 is 0 Å². The molecule has 0 radical (unpaired) electrons. The van der Waals surface area contributed by atoms with Crippen LogP contribution in [-0.2, 0) is 12.2 Å². The van der Waals surface area contributed by atoms with Gasteiger partial charge in [0.2, 0.25) is 0 Å². The Labute approximate surface area is 114 Å². The SMILES string of the molecule is NNC(c1cncnc1)c1cc2c(s1)CCSC2. The van der Waals surface area contributed by atoms with Gasteiger partial charge in [0, 0.05) is 33.5 Å². The normalized spacial score (nSPS) is 16.3. The zero-order valence-corrected chi connectivity index (χ0v) is 11.4. The number of nitrogens with two attached hydrogens (primary N) is 1. The fourth-order valence-corrected chi connectivity index (χ4v) is 4.58. The summed E-state index contributed by atoms with van der Waals surface area (Å²) in [6.07, 6.45) is 6.33. The van der Waals surface area contributed by atoms with Crippen LogP contribution in [0.4, 0.5) is 0 Å². The van der Waals surface area contributed by atoms with E-state index >= 15 is 0 Å². The maximum atomic E-state index is 5.69. The van der Waals surface area contributed by atoms with Crippen LogP contribution < -0.4 is 11.3 Å². The van der Waals surface area contributed by atoms with Crippen LogP contribution in [0.2, 0.25) is 0 Å². The lowest BCUT2D eigenvalue weighted by molar-refractivity contribution is 0.641. The number of thiophene rings is 1. The number of hydrazine groups is 1. The molecular formula is C12H14N4S2. The zero-order valence-electron chi connectivity index (χ0n) is 9.80. The van der Waals surface area contributed by atoms with Crippen LogP contribution in [-0.4, -0.2) is 15.7 Å². The highest BCUT2D eigenvalue weighted by Crippen LogP contribution is 2.35. The first-order valence-electron chi connectivity index (χ1n) is 5.78. The second kappa shape index (κ2) is 5.36. The second-order valence-electron chi connectivity index (χ2n) is 4.17. The molecule has 0 saturated carbocycles. The molecule has 1 aliphatic heterocycles. The van der Waals surface area contributed by atoms with Gasteiger partial charge in [-0.3, -0.25) is 5.84 Å². The van der Waals surface area contributed by atoms with Crippen LogP contribution >= 0.6 is 23.1 Å². The van der Waals surface area contributed by atoms with Gasteiger partial charge in [-0.15, -0.1) is 11.3 Å². The molecule has 0 aromatic carbocycles. The van der Waals surface area contributed by atoms with Gasteiger partial charge in [-0.2, -0.15) is 11.8 Å². The summed E-state index contributed by atoms with van der Waals surface area (Å²) in [4.78, 5) is 10.9. The van der Waals surface area contributed by atoms with Crippen molar-refractivity contribution in [2.75, 3.05) is 5.75 Å². The Morgan fingerprint density at radius 2 is 2.17 bits per heavy atom. The molecule has 0 spiro atoms. The molecule has 0 saturated heterocycles. The predicted molar refractivity (Wildman–Crippen MR) is 75.4 cm³/mol. The minimum Gasteiger partial charge on any atom is -0.271 e. The Kier molecular flexibility index (Phi) is 3.60. The van der Waals surface area contributed by atoms with Gasteiger partial charge >= 0.3 is 0 Å². The number of thioether (sulfide) groups is 1. The summed E-state index contributed by atoms with van der Waals surface area (Å²) in [7, 11) is 0. The minimum absolute atomic E-state index is 0.00759. The van der Waals surface area contributed by atoms with Gasteiger partial charge in [-0.05, 0) is 23.8 Å². The van der Waals surface area contributed by atoms with Gasteiger partial charge in [0.05, 0.1) is 6.04 Å². The van der Waals surface area contributed by atoms with Crippen molar-refractivity contribution in [3.05, 3.63) is 45.7 Å². The number of hydrogen-bond acceptors (Lipinski definition) is 6. The zero-order chi connectivity index (χ0) is 12.4. The van der Waals surface area contributed by atoms with Crippen LogP contribution in [0.3, 0.4) is 0 Å². The fourth-order valence-electron chi connectivity index (χ4n) is 2.11. The number of nitrogens with one attached hydrogen (secondary N) is 1. The molecule has 6 heteroatoms. The Hall–Kier alpha value is -0.950. The van der Waals surface area contributed by atoms with Crippen LogP contribution in [0.5, 0.6) is 0 Å².